The van der Waals surface area contributed by atoms with E-state index >= 15 is 0 Å². The first-order valence-corrected chi connectivity index (χ1v) is 6.83. The summed E-state index contributed by atoms with van der Waals surface area (Å²) < 4.78 is 13.1. The molecule has 3 nitrogen and oxygen atoms in total. The third-order valence-corrected chi connectivity index (χ3v) is 3.33. The Morgan fingerprint density at radius 1 is 1.40 bits per heavy atom. The summed E-state index contributed by atoms with van der Waals surface area (Å²) in [6, 6.07) is 7.46. The van der Waals surface area contributed by atoms with E-state index < -0.39 is 5.82 Å². The fourth-order valence-electron chi connectivity index (χ4n) is 1.55. The number of carbonyl (C=O) groups is 1. The van der Waals surface area contributed by atoms with Gasteiger partial charge in [0.1, 0.15) is 10.7 Å². The molecule has 0 saturated heterocycles. The lowest BCUT2D eigenvalue weighted by atomic mass is 10.2. The number of nitrogens with one attached hydrogen (secondary N) is 1. The lowest BCUT2D eigenvalue weighted by Gasteiger charge is -2.04. The van der Waals surface area contributed by atoms with E-state index in [-0.39, 0.29) is 12.5 Å². The average molecular weight is 289 g/mol. The SMILES string of the molecule is O=C(Nc1cccc(F)c1)c1sccc1C#CCCO. The minimum Gasteiger partial charge on any atom is -0.395 e. The maximum atomic E-state index is 13.1. The molecule has 0 spiro atoms. The van der Waals surface area contributed by atoms with Crippen LogP contribution in [-0.4, -0.2) is 17.6 Å². The Balaban J connectivity index is 2.14. The predicted octanol–water partition coefficient (Wildman–Crippen LogP) is 2.87. The van der Waals surface area contributed by atoms with Crippen molar-refractivity contribution in [2.75, 3.05) is 11.9 Å². The summed E-state index contributed by atoms with van der Waals surface area (Å²) in [6.45, 7) is -0.0119. The molecule has 1 heterocycles. The van der Waals surface area contributed by atoms with Crippen LogP contribution in [-0.2, 0) is 0 Å². The number of benzene rings is 1. The smallest absolute Gasteiger partial charge is 0.267 e. The van der Waals surface area contributed by atoms with Gasteiger partial charge < -0.3 is 10.4 Å². The highest BCUT2D eigenvalue weighted by atomic mass is 32.1. The zero-order valence-electron chi connectivity index (χ0n) is 10.5. The molecule has 102 valence electrons. The minimum atomic E-state index is -0.406. The topological polar surface area (TPSA) is 49.3 Å². The van der Waals surface area contributed by atoms with Crippen molar-refractivity contribution >= 4 is 22.9 Å². The van der Waals surface area contributed by atoms with Crippen LogP contribution in [0.1, 0.15) is 21.7 Å². The van der Waals surface area contributed by atoms with Gasteiger partial charge in [0.05, 0.1) is 6.61 Å². The second-order valence-electron chi connectivity index (χ2n) is 3.90. The Bertz CT molecular complexity index is 670. The van der Waals surface area contributed by atoms with Gasteiger partial charge in [0.15, 0.2) is 0 Å². The van der Waals surface area contributed by atoms with E-state index in [0.29, 0.717) is 22.5 Å². The standard InChI is InChI=1S/C15H12FNO2S/c16-12-5-3-6-13(10-12)17-15(19)14-11(7-9-20-14)4-1-2-8-18/h3,5-7,9-10,18H,2,8H2,(H,17,19). The molecule has 1 amide bonds. The second kappa shape index (κ2) is 6.85. The maximum Gasteiger partial charge on any atom is 0.267 e. The number of hydrogen-bond donors (Lipinski definition) is 2. The van der Waals surface area contributed by atoms with Gasteiger partial charge in [-0.2, -0.15) is 0 Å². The molecule has 0 aliphatic heterocycles. The summed E-state index contributed by atoms with van der Waals surface area (Å²) in [7, 11) is 0. The van der Waals surface area contributed by atoms with Crippen molar-refractivity contribution in [3.63, 3.8) is 0 Å². The summed E-state index contributed by atoms with van der Waals surface area (Å²) in [5.41, 5.74) is 1.01. The van der Waals surface area contributed by atoms with Crippen molar-refractivity contribution in [1.82, 2.24) is 0 Å². The number of thiophene rings is 1. The van der Waals surface area contributed by atoms with E-state index in [1.807, 2.05) is 0 Å². The number of carbonyl (C=O) groups excluding carboxylic acids is 1. The first-order chi connectivity index (χ1) is 9.70. The molecule has 2 N–H and O–H groups in total. The first-order valence-electron chi connectivity index (χ1n) is 5.95. The molecule has 0 unspecified atom stereocenters. The lowest BCUT2D eigenvalue weighted by molar-refractivity contribution is 0.103. The molecule has 0 aliphatic carbocycles. The number of hydrogen-bond acceptors (Lipinski definition) is 3. The number of anilines is 1. The Morgan fingerprint density at radius 3 is 3.00 bits per heavy atom. The largest absolute Gasteiger partial charge is 0.395 e. The van der Waals surface area contributed by atoms with E-state index in [9.17, 15) is 9.18 Å². The van der Waals surface area contributed by atoms with Gasteiger partial charge in [-0.1, -0.05) is 17.9 Å². The van der Waals surface area contributed by atoms with E-state index in [1.54, 1.807) is 17.5 Å². The summed E-state index contributed by atoms with van der Waals surface area (Å²) >= 11 is 1.27. The molecule has 0 fully saturated rings. The number of aliphatic hydroxyl groups excluding tert-OH is 1. The first kappa shape index (κ1) is 14.3. The summed E-state index contributed by atoms with van der Waals surface area (Å²) in [4.78, 5) is 12.6. The van der Waals surface area contributed by atoms with Crippen LogP contribution >= 0.6 is 11.3 Å². The average Bonchev–Trinajstić information content (AvgIpc) is 2.87. The maximum absolute atomic E-state index is 13.1. The van der Waals surface area contributed by atoms with Gasteiger partial charge in [-0.3, -0.25) is 4.79 Å². The second-order valence-corrected chi connectivity index (χ2v) is 4.82. The van der Waals surface area contributed by atoms with Crippen molar-refractivity contribution in [1.29, 1.82) is 0 Å². The van der Waals surface area contributed by atoms with Gasteiger partial charge >= 0.3 is 0 Å². The number of rotatable bonds is 3. The minimum absolute atomic E-state index is 0.0119. The molecule has 20 heavy (non-hydrogen) atoms. The normalized spacial score (nSPS) is 9.70. The van der Waals surface area contributed by atoms with Crippen LogP contribution in [0.4, 0.5) is 10.1 Å². The fourth-order valence-corrected chi connectivity index (χ4v) is 2.30. The molecular weight excluding hydrogens is 277 g/mol. The van der Waals surface area contributed by atoms with Gasteiger partial charge in [0, 0.05) is 17.7 Å². The monoisotopic (exact) mass is 289 g/mol. The van der Waals surface area contributed by atoms with Crippen LogP contribution in [0, 0.1) is 17.7 Å². The zero-order valence-corrected chi connectivity index (χ0v) is 11.3. The van der Waals surface area contributed by atoms with Crippen molar-refractivity contribution in [3.05, 3.63) is 52.0 Å². The Morgan fingerprint density at radius 2 is 2.25 bits per heavy atom. The molecule has 0 aliphatic rings. The Kier molecular flexibility index (Phi) is 4.88. The molecule has 1 aromatic carbocycles. The van der Waals surface area contributed by atoms with Crippen molar-refractivity contribution in [2.45, 2.75) is 6.42 Å². The third-order valence-electron chi connectivity index (χ3n) is 2.41. The fraction of sp³-hybridized carbons (Fsp3) is 0.133. The van der Waals surface area contributed by atoms with Crippen LogP contribution in [0.15, 0.2) is 35.7 Å². The van der Waals surface area contributed by atoms with E-state index in [0.717, 1.165) is 0 Å². The highest BCUT2D eigenvalue weighted by Crippen LogP contribution is 2.18. The van der Waals surface area contributed by atoms with Gasteiger partial charge in [0.25, 0.3) is 5.91 Å². The Labute approximate surface area is 120 Å². The number of aliphatic hydroxyl groups is 1. The summed E-state index contributed by atoms with van der Waals surface area (Å²) in [5.74, 6) is 4.88. The predicted molar refractivity (Wildman–Crippen MR) is 77.3 cm³/mol. The van der Waals surface area contributed by atoms with Crippen molar-refractivity contribution in [2.24, 2.45) is 0 Å². The molecule has 5 heteroatoms. The molecule has 0 radical (unpaired) electrons. The highest BCUT2D eigenvalue weighted by Gasteiger charge is 2.12. The van der Waals surface area contributed by atoms with E-state index in [4.69, 9.17) is 5.11 Å². The third kappa shape index (κ3) is 3.67. The van der Waals surface area contributed by atoms with E-state index in [1.165, 1.54) is 29.5 Å². The van der Waals surface area contributed by atoms with Gasteiger partial charge in [0.2, 0.25) is 0 Å². The van der Waals surface area contributed by atoms with Crippen LogP contribution in [0.2, 0.25) is 0 Å². The van der Waals surface area contributed by atoms with Gasteiger partial charge in [-0.25, -0.2) is 4.39 Å². The molecular formula is C15H12FNO2S. The zero-order chi connectivity index (χ0) is 14.4. The van der Waals surface area contributed by atoms with Gasteiger partial charge in [-0.05, 0) is 29.6 Å². The summed E-state index contributed by atoms with van der Waals surface area (Å²) in [6.07, 6.45) is 0.362. The molecule has 0 atom stereocenters. The van der Waals surface area contributed by atoms with Gasteiger partial charge in [-0.15, -0.1) is 11.3 Å². The van der Waals surface area contributed by atoms with Crippen LogP contribution in [0.25, 0.3) is 0 Å². The summed E-state index contributed by atoms with van der Waals surface area (Å²) in [5, 5.41) is 13.1. The molecule has 2 aromatic rings. The Hall–Kier alpha value is -2.16. The number of amides is 1. The molecule has 1 aromatic heterocycles. The molecule has 0 saturated carbocycles. The molecule has 2 rings (SSSR count). The van der Waals surface area contributed by atoms with Crippen LogP contribution in [0.5, 0.6) is 0 Å². The van der Waals surface area contributed by atoms with E-state index in [2.05, 4.69) is 17.2 Å². The number of halogens is 1. The van der Waals surface area contributed by atoms with Crippen molar-refractivity contribution < 1.29 is 14.3 Å². The molecule has 0 bridgehead atoms. The lowest BCUT2D eigenvalue weighted by Crippen LogP contribution is -2.11. The van der Waals surface area contributed by atoms with Crippen LogP contribution in [0.3, 0.4) is 0 Å². The van der Waals surface area contributed by atoms with Crippen LogP contribution < -0.4 is 5.32 Å². The quantitative estimate of drug-likeness (QED) is 0.854. The highest BCUT2D eigenvalue weighted by molar-refractivity contribution is 7.12. The van der Waals surface area contributed by atoms with Crippen molar-refractivity contribution in [3.8, 4) is 11.8 Å².